The Morgan fingerprint density at radius 2 is 1.79 bits per heavy atom. The maximum absolute atomic E-state index is 12.7. The molecule has 2 heterocycles. The summed E-state index contributed by atoms with van der Waals surface area (Å²) in [6, 6.07) is 0.968. The topological polar surface area (TPSA) is 49.3 Å². The highest BCUT2D eigenvalue weighted by molar-refractivity contribution is 5.76. The van der Waals surface area contributed by atoms with E-state index in [0.29, 0.717) is 38.5 Å². The first-order valence-corrected chi connectivity index (χ1v) is 8.35. The van der Waals surface area contributed by atoms with Gasteiger partial charge in [0.15, 0.2) is 0 Å². The van der Waals surface area contributed by atoms with E-state index in [4.69, 9.17) is 0 Å². The Balaban J connectivity index is 1.56. The van der Waals surface area contributed by atoms with Crippen molar-refractivity contribution in [3.63, 3.8) is 0 Å². The minimum atomic E-state index is -4.48. The third kappa shape index (κ3) is 3.96. The monoisotopic (exact) mass is 342 g/mol. The number of halogens is 3. The van der Waals surface area contributed by atoms with Crippen LogP contribution in [0.25, 0.3) is 0 Å². The van der Waals surface area contributed by atoms with Crippen molar-refractivity contribution in [1.29, 1.82) is 0 Å². The van der Waals surface area contributed by atoms with E-state index in [2.05, 4.69) is 9.97 Å². The van der Waals surface area contributed by atoms with Gasteiger partial charge in [-0.15, -0.1) is 0 Å². The maximum Gasteiger partial charge on any atom is 0.433 e. The van der Waals surface area contributed by atoms with Crippen molar-refractivity contribution < 1.29 is 18.0 Å². The van der Waals surface area contributed by atoms with E-state index < -0.39 is 11.9 Å². The van der Waals surface area contributed by atoms with Crippen molar-refractivity contribution in [2.75, 3.05) is 31.1 Å². The Hall–Kier alpha value is -1.86. The lowest BCUT2D eigenvalue weighted by Crippen LogP contribution is -2.49. The van der Waals surface area contributed by atoms with Gasteiger partial charge < -0.3 is 9.80 Å². The molecule has 132 valence electrons. The Morgan fingerprint density at radius 1 is 1.12 bits per heavy atom. The number of piperazine rings is 1. The fourth-order valence-corrected chi connectivity index (χ4v) is 3.45. The van der Waals surface area contributed by atoms with Crippen molar-refractivity contribution in [2.45, 2.75) is 38.3 Å². The average Bonchev–Trinajstić information content (AvgIpc) is 3.07. The molecule has 8 heteroatoms. The van der Waals surface area contributed by atoms with Crippen molar-refractivity contribution >= 4 is 11.7 Å². The van der Waals surface area contributed by atoms with Gasteiger partial charge >= 0.3 is 6.18 Å². The standard InChI is InChI=1S/C16H21F3N4O/c17-16(18,19)13-10-14(21-11-20-13)22-5-7-23(8-6-22)15(24)9-12-3-1-2-4-12/h10-12H,1-9H2. The molecule has 24 heavy (non-hydrogen) atoms. The molecule has 0 bridgehead atoms. The summed E-state index contributed by atoms with van der Waals surface area (Å²) in [6.07, 6.45) is 1.75. The van der Waals surface area contributed by atoms with Crippen LogP contribution in [0.1, 0.15) is 37.8 Å². The molecule has 0 spiro atoms. The highest BCUT2D eigenvalue weighted by Crippen LogP contribution is 2.30. The number of aromatic nitrogens is 2. The first-order chi connectivity index (χ1) is 11.4. The largest absolute Gasteiger partial charge is 0.433 e. The minimum absolute atomic E-state index is 0.167. The van der Waals surface area contributed by atoms with Gasteiger partial charge in [-0.3, -0.25) is 4.79 Å². The summed E-state index contributed by atoms with van der Waals surface area (Å²) in [5.74, 6) is 0.937. The number of carbonyl (C=O) groups excluding carboxylic acids is 1. The molecule has 0 aromatic carbocycles. The van der Waals surface area contributed by atoms with E-state index in [9.17, 15) is 18.0 Å². The molecule has 5 nitrogen and oxygen atoms in total. The number of rotatable bonds is 3. The molecular weight excluding hydrogens is 321 g/mol. The summed E-state index contributed by atoms with van der Waals surface area (Å²) < 4.78 is 38.2. The van der Waals surface area contributed by atoms with Crippen molar-refractivity contribution in [3.05, 3.63) is 18.1 Å². The van der Waals surface area contributed by atoms with Gasteiger partial charge in [0.1, 0.15) is 17.8 Å². The van der Waals surface area contributed by atoms with Gasteiger partial charge in [-0.1, -0.05) is 12.8 Å². The highest BCUT2D eigenvalue weighted by atomic mass is 19.4. The zero-order valence-electron chi connectivity index (χ0n) is 13.4. The van der Waals surface area contributed by atoms with Gasteiger partial charge in [0.2, 0.25) is 5.91 Å². The molecule has 0 N–H and O–H groups in total. The Labute approximate surface area is 138 Å². The van der Waals surface area contributed by atoms with E-state index in [1.54, 1.807) is 4.90 Å². The summed E-state index contributed by atoms with van der Waals surface area (Å²) in [5.41, 5.74) is -0.938. The van der Waals surface area contributed by atoms with Gasteiger partial charge in [-0.25, -0.2) is 9.97 Å². The van der Waals surface area contributed by atoms with Crippen LogP contribution in [0.5, 0.6) is 0 Å². The number of hydrogen-bond acceptors (Lipinski definition) is 4. The number of alkyl halides is 3. The zero-order chi connectivity index (χ0) is 17.2. The Morgan fingerprint density at radius 3 is 2.42 bits per heavy atom. The van der Waals surface area contributed by atoms with Crippen molar-refractivity contribution in [2.24, 2.45) is 5.92 Å². The summed E-state index contributed by atoms with van der Waals surface area (Å²) in [6.45, 7) is 2.03. The van der Waals surface area contributed by atoms with E-state index in [0.717, 1.165) is 25.2 Å². The number of hydrogen-bond donors (Lipinski definition) is 0. The Kier molecular flexibility index (Phi) is 4.91. The minimum Gasteiger partial charge on any atom is -0.353 e. The molecular formula is C16H21F3N4O. The van der Waals surface area contributed by atoms with Gasteiger partial charge in [0, 0.05) is 38.7 Å². The van der Waals surface area contributed by atoms with Crippen LogP contribution < -0.4 is 4.90 Å². The lowest BCUT2D eigenvalue weighted by atomic mass is 10.0. The molecule has 0 radical (unpaired) electrons. The molecule has 2 fully saturated rings. The molecule has 1 aromatic rings. The quantitative estimate of drug-likeness (QED) is 0.847. The average molecular weight is 342 g/mol. The van der Waals surface area contributed by atoms with Crippen LogP contribution in [0.4, 0.5) is 19.0 Å². The van der Waals surface area contributed by atoms with Crippen molar-refractivity contribution in [3.8, 4) is 0 Å². The van der Waals surface area contributed by atoms with Gasteiger partial charge in [0.05, 0.1) is 0 Å². The Bertz CT molecular complexity index is 579. The molecule has 1 aromatic heterocycles. The van der Waals surface area contributed by atoms with Crippen LogP contribution in [-0.4, -0.2) is 47.0 Å². The molecule has 3 rings (SSSR count). The fraction of sp³-hybridized carbons (Fsp3) is 0.688. The molecule has 1 aliphatic carbocycles. The SMILES string of the molecule is O=C(CC1CCCC1)N1CCN(c2cc(C(F)(F)F)ncn2)CC1. The third-order valence-electron chi connectivity index (χ3n) is 4.84. The predicted octanol–water partition coefficient (Wildman–Crippen LogP) is 2.72. The number of nitrogens with zero attached hydrogens (tertiary/aromatic N) is 4. The van der Waals surface area contributed by atoms with E-state index in [-0.39, 0.29) is 11.7 Å². The van der Waals surface area contributed by atoms with Crippen LogP contribution in [0, 0.1) is 5.92 Å². The molecule has 0 unspecified atom stereocenters. The first kappa shape index (κ1) is 17.0. The second kappa shape index (κ2) is 6.94. The number of carbonyl (C=O) groups is 1. The second-order valence-electron chi connectivity index (χ2n) is 6.48. The summed E-state index contributed by atoms with van der Waals surface area (Å²) >= 11 is 0. The lowest BCUT2D eigenvalue weighted by Gasteiger charge is -2.36. The zero-order valence-corrected chi connectivity index (χ0v) is 13.4. The maximum atomic E-state index is 12.7. The van der Waals surface area contributed by atoms with Crippen LogP contribution in [0.3, 0.4) is 0 Å². The van der Waals surface area contributed by atoms with Gasteiger partial charge in [-0.2, -0.15) is 13.2 Å². The van der Waals surface area contributed by atoms with E-state index in [1.807, 2.05) is 4.90 Å². The van der Waals surface area contributed by atoms with Crippen LogP contribution in [0.2, 0.25) is 0 Å². The molecule has 1 saturated heterocycles. The molecule has 1 saturated carbocycles. The first-order valence-electron chi connectivity index (χ1n) is 8.35. The number of anilines is 1. The van der Waals surface area contributed by atoms with Crippen LogP contribution in [0.15, 0.2) is 12.4 Å². The lowest BCUT2D eigenvalue weighted by molar-refractivity contribution is -0.141. The molecule has 1 aliphatic heterocycles. The predicted molar refractivity (Wildman–Crippen MR) is 82.4 cm³/mol. The smallest absolute Gasteiger partial charge is 0.353 e. The van der Waals surface area contributed by atoms with Gasteiger partial charge in [-0.05, 0) is 18.8 Å². The van der Waals surface area contributed by atoms with Crippen molar-refractivity contribution in [1.82, 2.24) is 14.9 Å². The highest BCUT2D eigenvalue weighted by Gasteiger charge is 2.33. The summed E-state index contributed by atoms with van der Waals surface area (Å²) in [5, 5.41) is 0. The van der Waals surface area contributed by atoms with E-state index in [1.165, 1.54) is 12.8 Å². The third-order valence-corrected chi connectivity index (χ3v) is 4.84. The van der Waals surface area contributed by atoms with Crippen LogP contribution in [-0.2, 0) is 11.0 Å². The summed E-state index contributed by atoms with van der Waals surface area (Å²) in [4.78, 5) is 23.1. The summed E-state index contributed by atoms with van der Waals surface area (Å²) in [7, 11) is 0. The van der Waals surface area contributed by atoms with Gasteiger partial charge in [0.25, 0.3) is 0 Å². The second-order valence-corrected chi connectivity index (χ2v) is 6.48. The fourth-order valence-electron chi connectivity index (χ4n) is 3.45. The molecule has 1 amide bonds. The molecule has 2 aliphatic rings. The number of amides is 1. The van der Waals surface area contributed by atoms with Crippen LogP contribution >= 0.6 is 0 Å². The normalized spacial score (nSPS) is 19.8. The van der Waals surface area contributed by atoms with E-state index >= 15 is 0 Å². The molecule has 0 atom stereocenters.